The number of methoxy groups -OCH3 is 1. The molecule has 0 radical (unpaired) electrons. The second kappa shape index (κ2) is 11.7. The van der Waals surface area contributed by atoms with Gasteiger partial charge in [-0.05, 0) is 55.3 Å². The van der Waals surface area contributed by atoms with Crippen LogP contribution in [0.25, 0.3) is 0 Å². The molecule has 0 fully saturated rings. The van der Waals surface area contributed by atoms with Crippen LogP contribution in [0.3, 0.4) is 0 Å². The fourth-order valence-electron chi connectivity index (χ4n) is 3.42. The van der Waals surface area contributed by atoms with Crippen LogP contribution in [0.1, 0.15) is 48.6 Å². The Morgan fingerprint density at radius 3 is 2.32 bits per heavy atom. The van der Waals surface area contributed by atoms with E-state index in [-0.39, 0.29) is 17.5 Å². The molecule has 12 heteroatoms. The molecule has 0 aliphatic rings. The Hall–Kier alpha value is -3.54. The minimum atomic E-state index is -4.51. The number of amides is 2. The SMILES string of the molecule is COc1ccc(C(=O)N[C@H](c2nnc(S[C@@H](C)C(=O)Nc3cccc(C(F)(F)F)c3)n2C)C(C)C)cc1. The van der Waals surface area contributed by atoms with E-state index in [1.165, 1.54) is 12.1 Å². The van der Waals surface area contributed by atoms with Gasteiger partial charge in [-0.3, -0.25) is 9.59 Å². The molecule has 3 rings (SSSR count). The van der Waals surface area contributed by atoms with Crippen LogP contribution in [0.15, 0.2) is 53.7 Å². The largest absolute Gasteiger partial charge is 0.497 e. The first-order chi connectivity index (χ1) is 17.4. The summed E-state index contributed by atoms with van der Waals surface area (Å²) in [5.74, 6) is 0.349. The quantitative estimate of drug-likeness (QED) is 0.371. The molecule has 0 saturated heterocycles. The van der Waals surface area contributed by atoms with Crippen molar-refractivity contribution in [3.63, 3.8) is 0 Å². The highest BCUT2D eigenvalue weighted by molar-refractivity contribution is 8.00. The third-order valence-corrected chi connectivity index (χ3v) is 6.70. The zero-order valence-corrected chi connectivity index (χ0v) is 21.8. The van der Waals surface area contributed by atoms with Gasteiger partial charge in [-0.1, -0.05) is 31.7 Å². The second-order valence-corrected chi connectivity index (χ2v) is 9.96. The summed E-state index contributed by atoms with van der Waals surface area (Å²) in [5, 5.41) is 13.7. The number of benzene rings is 2. The minimum Gasteiger partial charge on any atom is -0.497 e. The molecule has 0 aliphatic carbocycles. The fraction of sp³-hybridized carbons (Fsp3) is 0.360. The van der Waals surface area contributed by atoms with Crippen LogP contribution >= 0.6 is 11.8 Å². The van der Waals surface area contributed by atoms with Crippen molar-refractivity contribution in [2.24, 2.45) is 13.0 Å². The lowest BCUT2D eigenvalue weighted by molar-refractivity contribution is -0.137. The van der Waals surface area contributed by atoms with Gasteiger partial charge in [0.2, 0.25) is 5.91 Å². The number of aromatic nitrogens is 3. The molecule has 2 atom stereocenters. The number of carbonyl (C=O) groups excluding carboxylic acids is 2. The molecular formula is C25H28F3N5O3S. The topological polar surface area (TPSA) is 98.1 Å². The molecular weight excluding hydrogens is 507 g/mol. The summed E-state index contributed by atoms with van der Waals surface area (Å²) >= 11 is 1.11. The van der Waals surface area contributed by atoms with Crippen molar-refractivity contribution in [3.8, 4) is 5.75 Å². The number of alkyl halides is 3. The zero-order chi connectivity index (χ0) is 27.3. The normalized spacial score (nSPS) is 13.2. The third kappa shape index (κ3) is 7.03. The lowest BCUT2D eigenvalue weighted by atomic mass is 10.0. The Labute approximate surface area is 217 Å². The smallest absolute Gasteiger partial charge is 0.416 e. The maximum absolute atomic E-state index is 13.0. The molecule has 198 valence electrons. The highest BCUT2D eigenvalue weighted by atomic mass is 32.2. The average molecular weight is 536 g/mol. The van der Waals surface area contributed by atoms with E-state index >= 15 is 0 Å². The Balaban J connectivity index is 1.70. The van der Waals surface area contributed by atoms with Gasteiger partial charge < -0.3 is 19.9 Å². The Morgan fingerprint density at radius 2 is 1.73 bits per heavy atom. The van der Waals surface area contributed by atoms with E-state index in [2.05, 4.69) is 20.8 Å². The molecule has 2 N–H and O–H groups in total. The summed E-state index contributed by atoms with van der Waals surface area (Å²) in [7, 11) is 3.27. The molecule has 2 aromatic carbocycles. The summed E-state index contributed by atoms with van der Waals surface area (Å²) in [5.41, 5.74) is -0.338. The molecule has 0 aliphatic heterocycles. The van der Waals surface area contributed by atoms with Crippen LogP contribution < -0.4 is 15.4 Å². The van der Waals surface area contributed by atoms with Crippen LogP contribution in [0, 0.1) is 5.92 Å². The van der Waals surface area contributed by atoms with Gasteiger partial charge in [0.25, 0.3) is 5.91 Å². The number of halogens is 3. The monoisotopic (exact) mass is 535 g/mol. The van der Waals surface area contributed by atoms with Crippen LogP contribution in [0.5, 0.6) is 5.75 Å². The van der Waals surface area contributed by atoms with E-state index in [0.29, 0.717) is 22.3 Å². The molecule has 1 heterocycles. The predicted molar refractivity (Wildman–Crippen MR) is 134 cm³/mol. The number of carbonyl (C=O) groups is 2. The van der Waals surface area contributed by atoms with Gasteiger partial charge in [0.1, 0.15) is 5.75 Å². The number of anilines is 1. The van der Waals surface area contributed by atoms with Crippen molar-refractivity contribution < 1.29 is 27.5 Å². The molecule has 1 aromatic heterocycles. The molecule has 0 spiro atoms. The van der Waals surface area contributed by atoms with Crippen molar-refractivity contribution in [2.75, 3.05) is 12.4 Å². The summed E-state index contributed by atoms with van der Waals surface area (Å²) in [6.07, 6.45) is -4.51. The number of thioether (sulfide) groups is 1. The first-order valence-electron chi connectivity index (χ1n) is 11.4. The van der Waals surface area contributed by atoms with Crippen molar-refractivity contribution in [2.45, 2.75) is 43.4 Å². The summed E-state index contributed by atoms with van der Waals surface area (Å²) in [6.45, 7) is 5.49. The zero-order valence-electron chi connectivity index (χ0n) is 21.0. The molecule has 3 aromatic rings. The van der Waals surface area contributed by atoms with Crippen LogP contribution in [0.4, 0.5) is 18.9 Å². The molecule has 0 unspecified atom stereocenters. The maximum atomic E-state index is 13.0. The van der Waals surface area contributed by atoms with Gasteiger partial charge in [-0.15, -0.1) is 10.2 Å². The summed E-state index contributed by atoms with van der Waals surface area (Å²) < 4.78 is 45.7. The lowest BCUT2D eigenvalue weighted by Gasteiger charge is -2.22. The van der Waals surface area contributed by atoms with Gasteiger partial charge in [-0.25, -0.2) is 0 Å². The van der Waals surface area contributed by atoms with E-state index in [0.717, 1.165) is 23.9 Å². The molecule has 37 heavy (non-hydrogen) atoms. The van der Waals surface area contributed by atoms with Crippen molar-refractivity contribution in [1.82, 2.24) is 20.1 Å². The van der Waals surface area contributed by atoms with Crippen LogP contribution in [-0.4, -0.2) is 38.9 Å². The van der Waals surface area contributed by atoms with Gasteiger partial charge >= 0.3 is 6.18 Å². The van der Waals surface area contributed by atoms with E-state index in [4.69, 9.17) is 4.74 Å². The fourth-order valence-corrected chi connectivity index (χ4v) is 4.25. The highest BCUT2D eigenvalue weighted by Gasteiger charge is 2.31. The Bertz CT molecular complexity index is 1250. The third-order valence-electron chi connectivity index (χ3n) is 5.56. The summed E-state index contributed by atoms with van der Waals surface area (Å²) in [6, 6.07) is 10.7. The summed E-state index contributed by atoms with van der Waals surface area (Å²) in [4.78, 5) is 25.5. The van der Waals surface area contributed by atoms with Crippen LogP contribution in [-0.2, 0) is 18.0 Å². The van der Waals surface area contributed by atoms with Gasteiger partial charge in [-0.2, -0.15) is 13.2 Å². The number of hydrogen-bond donors (Lipinski definition) is 2. The molecule has 0 saturated carbocycles. The van der Waals surface area contributed by atoms with Crippen molar-refractivity contribution in [3.05, 3.63) is 65.5 Å². The Morgan fingerprint density at radius 1 is 1.05 bits per heavy atom. The van der Waals surface area contributed by atoms with E-state index in [9.17, 15) is 22.8 Å². The second-order valence-electron chi connectivity index (χ2n) is 8.65. The molecule has 2 amide bonds. The highest BCUT2D eigenvalue weighted by Crippen LogP contribution is 2.31. The number of rotatable bonds is 9. The van der Waals surface area contributed by atoms with E-state index in [1.807, 2.05) is 13.8 Å². The first-order valence-corrected chi connectivity index (χ1v) is 12.3. The average Bonchev–Trinajstić information content (AvgIpc) is 3.21. The lowest BCUT2D eigenvalue weighted by Crippen LogP contribution is -2.33. The number of nitrogens with zero attached hydrogens (tertiary/aromatic N) is 3. The van der Waals surface area contributed by atoms with Gasteiger partial charge in [0, 0.05) is 18.3 Å². The first kappa shape index (κ1) is 28.0. The van der Waals surface area contributed by atoms with Gasteiger partial charge in [0.05, 0.1) is 24.0 Å². The molecule has 0 bridgehead atoms. The minimum absolute atomic E-state index is 0.0235. The Kier molecular flexibility index (Phi) is 8.85. The van der Waals surface area contributed by atoms with Crippen LogP contribution in [0.2, 0.25) is 0 Å². The van der Waals surface area contributed by atoms with E-state index in [1.54, 1.807) is 49.9 Å². The number of hydrogen-bond acceptors (Lipinski definition) is 6. The standard InChI is InChI=1S/C25H28F3N5O3S/c1-14(2)20(30-23(35)16-9-11-19(36-5)12-10-16)21-31-32-24(33(21)4)37-15(3)22(34)29-18-8-6-7-17(13-18)25(26,27)28/h6-15,20H,1-5H3,(H,29,34)(H,30,35)/t15-,20-/m0/s1. The number of nitrogens with one attached hydrogen (secondary N) is 2. The molecule has 8 nitrogen and oxygen atoms in total. The predicted octanol–water partition coefficient (Wildman–Crippen LogP) is 5.09. The maximum Gasteiger partial charge on any atom is 0.416 e. The van der Waals surface area contributed by atoms with Gasteiger partial charge in [0.15, 0.2) is 11.0 Å². The number of ether oxygens (including phenoxy) is 1. The van der Waals surface area contributed by atoms with E-state index < -0.39 is 28.9 Å². The van der Waals surface area contributed by atoms with Crippen molar-refractivity contribution in [1.29, 1.82) is 0 Å². The van der Waals surface area contributed by atoms with Crippen molar-refractivity contribution >= 4 is 29.3 Å².